The Labute approximate surface area is 123 Å². The van der Waals surface area contributed by atoms with E-state index in [-0.39, 0.29) is 12.5 Å². The van der Waals surface area contributed by atoms with Crippen LogP contribution in [0, 0.1) is 11.8 Å². The summed E-state index contributed by atoms with van der Waals surface area (Å²) in [7, 11) is 1.79. The van der Waals surface area contributed by atoms with E-state index in [1.54, 1.807) is 17.9 Å². The van der Waals surface area contributed by atoms with Crippen LogP contribution in [0.1, 0.15) is 50.8 Å². The van der Waals surface area contributed by atoms with Crippen LogP contribution < -0.4 is 5.32 Å². The van der Waals surface area contributed by atoms with Crippen molar-refractivity contribution in [3.8, 4) is 0 Å². The molecule has 6 heteroatoms. The monoisotopic (exact) mass is 303 g/mol. The smallest absolute Gasteiger partial charge is 0.308 e. The van der Waals surface area contributed by atoms with Crippen molar-refractivity contribution in [3.63, 3.8) is 0 Å². The summed E-state index contributed by atoms with van der Waals surface area (Å²) in [6.07, 6.45) is 0.964. The van der Waals surface area contributed by atoms with Gasteiger partial charge in [-0.3, -0.25) is 4.68 Å². The fourth-order valence-electron chi connectivity index (χ4n) is 3.34. The zero-order chi connectivity index (χ0) is 15.5. The third-order valence-electron chi connectivity index (χ3n) is 4.34. The molecule has 0 aromatic carbocycles. The molecule has 1 heterocycles. The molecule has 1 saturated carbocycles. The molecule has 1 aromatic heterocycles. The van der Waals surface area contributed by atoms with Gasteiger partial charge in [0.15, 0.2) is 0 Å². The van der Waals surface area contributed by atoms with Crippen molar-refractivity contribution < 1.29 is 13.2 Å². The van der Waals surface area contributed by atoms with Gasteiger partial charge in [0.05, 0.1) is 17.7 Å². The van der Waals surface area contributed by atoms with Crippen LogP contribution in [-0.2, 0) is 7.05 Å². The summed E-state index contributed by atoms with van der Waals surface area (Å²) in [6, 6.07) is 1.52. The van der Waals surface area contributed by atoms with Crippen LogP contribution in [-0.4, -0.2) is 22.5 Å². The molecule has 1 N–H and O–H groups in total. The van der Waals surface area contributed by atoms with Gasteiger partial charge in [-0.1, -0.05) is 19.8 Å². The first kappa shape index (κ1) is 16.3. The number of nitrogens with zero attached hydrogens (tertiary/aromatic N) is 2. The Morgan fingerprint density at radius 3 is 2.67 bits per heavy atom. The quantitative estimate of drug-likeness (QED) is 0.896. The molecular formula is C15H24F3N3. The van der Waals surface area contributed by atoms with Gasteiger partial charge in [0.2, 0.25) is 0 Å². The summed E-state index contributed by atoms with van der Waals surface area (Å²) < 4.78 is 41.7. The van der Waals surface area contributed by atoms with E-state index in [4.69, 9.17) is 0 Å². The van der Waals surface area contributed by atoms with Gasteiger partial charge in [0, 0.05) is 13.2 Å². The molecule has 0 bridgehead atoms. The standard InChI is InChI=1S/C15H24F3N3/c1-3-9-19-14(13-8-10-21(2)20-13)11-6-4-5-7-12(11)15(16,17)18/h8,10-12,14,19H,3-7,9H2,1-2H3. The normalized spacial score (nSPS) is 25.0. The second-order valence-electron chi connectivity index (χ2n) is 5.94. The summed E-state index contributed by atoms with van der Waals surface area (Å²) in [4.78, 5) is 0. The molecule has 2 rings (SSSR count). The van der Waals surface area contributed by atoms with Crippen LogP contribution in [0.3, 0.4) is 0 Å². The minimum absolute atomic E-state index is 0.241. The van der Waals surface area contributed by atoms with Crippen molar-refractivity contribution >= 4 is 0 Å². The second-order valence-corrected chi connectivity index (χ2v) is 5.94. The molecule has 0 saturated heterocycles. The lowest BCUT2D eigenvalue weighted by Gasteiger charge is -2.38. The van der Waals surface area contributed by atoms with Crippen molar-refractivity contribution in [2.75, 3.05) is 6.54 Å². The van der Waals surface area contributed by atoms with Gasteiger partial charge in [0.25, 0.3) is 0 Å². The lowest BCUT2D eigenvalue weighted by molar-refractivity contribution is -0.199. The van der Waals surface area contributed by atoms with E-state index >= 15 is 0 Å². The number of aryl methyl sites for hydroxylation is 1. The van der Waals surface area contributed by atoms with E-state index < -0.39 is 18.0 Å². The van der Waals surface area contributed by atoms with Crippen LogP contribution in [0.15, 0.2) is 12.3 Å². The summed E-state index contributed by atoms with van der Waals surface area (Å²) in [5, 5.41) is 7.64. The summed E-state index contributed by atoms with van der Waals surface area (Å²) in [5.41, 5.74) is 0.729. The maximum absolute atomic E-state index is 13.3. The Balaban J connectivity index is 2.24. The summed E-state index contributed by atoms with van der Waals surface area (Å²) in [6.45, 7) is 2.73. The highest BCUT2D eigenvalue weighted by Gasteiger charge is 2.48. The zero-order valence-electron chi connectivity index (χ0n) is 12.7. The van der Waals surface area contributed by atoms with Gasteiger partial charge in [0.1, 0.15) is 0 Å². The van der Waals surface area contributed by atoms with Gasteiger partial charge >= 0.3 is 6.18 Å². The van der Waals surface area contributed by atoms with Crippen LogP contribution in [0.25, 0.3) is 0 Å². The number of aromatic nitrogens is 2. The van der Waals surface area contributed by atoms with E-state index in [1.165, 1.54) is 0 Å². The average molecular weight is 303 g/mol. The number of hydrogen-bond donors (Lipinski definition) is 1. The molecule has 0 aliphatic heterocycles. The fraction of sp³-hybridized carbons (Fsp3) is 0.800. The fourth-order valence-corrected chi connectivity index (χ4v) is 3.34. The molecule has 120 valence electrons. The number of halogens is 3. The van der Waals surface area contributed by atoms with Crippen molar-refractivity contribution in [3.05, 3.63) is 18.0 Å². The Hall–Kier alpha value is -1.04. The summed E-state index contributed by atoms with van der Waals surface area (Å²) >= 11 is 0. The number of alkyl halides is 3. The molecule has 1 fully saturated rings. The molecule has 1 aromatic rings. The van der Waals surface area contributed by atoms with E-state index in [2.05, 4.69) is 10.4 Å². The molecule has 3 nitrogen and oxygen atoms in total. The molecule has 21 heavy (non-hydrogen) atoms. The Bertz CT molecular complexity index is 442. The first-order valence-electron chi connectivity index (χ1n) is 7.73. The average Bonchev–Trinajstić information content (AvgIpc) is 2.85. The van der Waals surface area contributed by atoms with Crippen LogP contribution in [0.2, 0.25) is 0 Å². The van der Waals surface area contributed by atoms with Crippen molar-refractivity contribution in [2.24, 2.45) is 18.9 Å². The Kier molecular flexibility index (Phi) is 5.30. The van der Waals surface area contributed by atoms with Gasteiger partial charge < -0.3 is 5.32 Å². The summed E-state index contributed by atoms with van der Waals surface area (Å²) in [5.74, 6) is -1.64. The highest BCUT2D eigenvalue weighted by atomic mass is 19.4. The topological polar surface area (TPSA) is 29.9 Å². The molecule has 0 amide bonds. The van der Waals surface area contributed by atoms with E-state index in [9.17, 15) is 13.2 Å². The highest BCUT2D eigenvalue weighted by molar-refractivity contribution is 5.09. The zero-order valence-corrected chi connectivity index (χ0v) is 12.7. The van der Waals surface area contributed by atoms with E-state index in [1.807, 2.05) is 13.0 Å². The maximum Gasteiger partial charge on any atom is 0.392 e. The van der Waals surface area contributed by atoms with Crippen molar-refractivity contribution in [1.82, 2.24) is 15.1 Å². The number of hydrogen-bond acceptors (Lipinski definition) is 2. The van der Waals surface area contributed by atoms with Gasteiger partial charge in [-0.15, -0.1) is 0 Å². The molecule has 1 aliphatic rings. The number of nitrogens with one attached hydrogen (secondary N) is 1. The van der Waals surface area contributed by atoms with Crippen LogP contribution in [0.4, 0.5) is 13.2 Å². The molecule has 3 atom stereocenters. The first-order valence-corrected chi connectivity index (χ1v) is 7.73. The van der Waals surface area contributed by atoms with E-state index in [0.29, 0.717) is 19.4 Å². The number of rotatable bonds is 5. The lowest BCUT2D eigenvalue weighted by Crippen LogP contribution is -2.41. The van der Waals surface area contributed by atoms with Gasteiger partial charge in [-0.25, -0.2) is 0 Å². The maximum atomic E-state index is 13.3. The van der Waals surface area contributed by atoms with E-state index in [0.717, 1.165) is 18.5 Å². The first-order chi connectivity index (χ1) is 9.93. The van der Waals surface area contributed by atoms with Crippen LogP contribution >= 0.6 is 0 Å². The minimum atomic E-state index is -4.12. The third-order valence-corrected chi connectivity index (χ3v) is 4.34. The molecule has 0 radical (unpaired) electrons. The SMILES string of the molecule is CCCNC(c1ccn(C)n1)C1CCCCC1C(F)(F)F. The lowest BCUT2D eigenvalue weighted by atomic mass is 9.74. The van der Waals surface area contributed by atoms with Gasteiger partial charge in [-0.05, 0) is 37.8 Å². The molecule has 1 aliphatic carbocycles. The molecule has 3 unspecified atom stereocenters. The highest BCUT2D eigenvalue weighted by Crippen LogP contribution is 2.46. The minimum Gasteiger partial charge on any atom is -0.308 e. The van der Waals surface area contributed by atoms with Crippen molar-refractivity contribution in [2.45, 2.75) is 51.2 Å². The van der Waals surface area contributed by atoms with Crippen molar-refractivity contribution in [1.29, 1.82) is 0 Å². The molecule has 0 spiro atoms. The third kappa shape index (κ3) is 3.99. The van der Waals surface area contributed by atoms with Crippen LogP contribution in [0.5, 0.6) is 0 Å². The second kappa shape index (κ2) is 6.81. The Morgan fingerprint density at radius 1 is 1.38 bits per heavy atom. The Morgan fingerprint density at radius 2 is 2.10 bits per heavy atom. The molecular weight excluding hydrogens is 279 g/mol. The predicted octanol–water partition coefficient (Wildman–Crippen LogP) is 3.83. The predicted molar refractivity (Wildman–Crippen MR) is 75.7 cm³/mol. The van der Waals surface area contributed by atoms with Gasteiger partial charge in [-0.2, -0.15) is 18.3 Å². The largest absolute Gasteiger partial charge is 0.392 e.